The molecule has 190 valence electrons. The van der Waals surface area contributed by atoms with E-state index >= 15 is 0 Å². The third kappa shape index (κ3) is 6.01. The molecule has 3 heterocycles. The molecular weight excluding hydrogens is 481 g/mol. The van der Waals surface area contributed by atoms with E-state index < -0.39 is 27.6 Å². The van der Waals surface area contributed by atoms with E-state index in [-0.39, 0.29) is 23.0 Å². The number of anilines is 1. The summed E-state index contributed by atoms with van der Waals surface area (Å²) in [6.45, 7) is 7.85. The van der Waals surface area contributed by atoms with E-state index in [4.69, 9.17) is 4.74 Å². The van der Waals surface area contributed by atoms with E-state index in [1.165, 1.54) is 26.4 Å². The number of hydrogen-bond donors (Lipinski definition) is 1. The second-order valence-corrected chi connectivity index (χ2v) is 10.9. The number of hydrogen-bond acceptors (Lipinski definition) is 7. The molecule has 2 aromatic rings. The van der Waals surface area contributed by atoms with Gasteiger partial charge in [0.1, 0.15) is 22.0 Å². The smallest absolute Gasteiger partial charge is 0.412 e. The number of nitrogens with zero attached hydrogens (tertiary/aromatic N) is 3. The van der Waals surface area contributed by atoms with Crippen LogP contribution in [0.15, 0.2) is 47.8 Å². The Bertz CT molecular complexity index is 1270. The van der Waals surface area contributed by atoms with Crippen molar-refractivity contribution in [1.82, 2.24) is 15.0 Å². The molecule has 1 aliphatic heterocycles. The molecule has 2 aromatic heterocycles. The first kappa shape index (κ1) is 26.7. The van der Waals surface area contributed by atoms with Crippen LogP contribution >= 0.6 is 0 Å². The van der Waals surface area contributed by atoms with E-state index in [9.17, 15) is 21.6 Å². The average Bonchev–Trinajstić information content (AvgIpc) is 2.80. The second-order valence-electron chi connectivity index (χ2n) is 8.58. The summed E-state index contributed by atoms with van der Waals surface area (Å²) in [5.74, 6) is 0.881. The molecule has 0 aromatic carbocycles. The molecule has 0 radical (unpaired) electrons. The number of methoxy groups -OCH3 is 1. The van der Waals surface area contributed by atoms with Gasteiger partial charge in [-0.2, -0.15) is 18.2 Å². The van der Waals surface area contributed by atoms with Crippen molar-refractivity contribution in [2.75, 3.05) is 23.9 Å². The van der Waals surface area contributed by atoms with Gasteiger partial charge in [0, 0.05) is 11.1 Å². The van der Waals surface area contributed by atoms with Crippen LogP contribution < -0.4 is 10.1 Å². The van der Waals surface area contributed by atoms with Crippen LogP contribution in [0.3, 0.4) is 0 Å². The summed E-state index contributed by atoms with van der Waals surface area (Å²) in [7, 11) is -1.56. The number of allylic oxidation sites excluding steroid dienone is 3. The molecule has 35 heavy (non-hydrogen) atoms. The molecule has 1 atom stereocenters. The minimum Gasteiger partial charge on any atom is -0.481 e. The average molecular weight is 511 g/mol. The number of alkyl halides is 3. The molecule has 1 fully saturated rings. The van der Waals surface area contributed by atoms with Crippen molar-refractivity contribution in [1.29, 1.82) is 0 Å². The summed E-state index contributed by atoms with van der Waals surface area (Å²) in [6, 6.07) is 1.29. The normalized spacial score (nSPS) is 18.7. The van der Waals surface area contributed by atoms with Gasteiger partial charge in [-0.25, -0.2) is 18.4 Å². The highest BCUT2D eigenvalue weighted by molar-refractivity contribution is 7.91. The Morgan fingerprint density at radius 2 is 1.91 bits per heavy atom. The minimum absolute atomic E-state index is 0.0632. The zero-order chi connectivity index (χ0) is 26.0. The van der Waals surface area contributed by atoms with E-state index in [0.29, 0.717) is 41.1 Å². The highest BCUT2D eigenvalue weighted by Gasteiger charge is 2.33. The lowest BCUT2D eigenvalue weighted by molar-refractivity contribution is -0.0920. The molecule has 3 rings (SSSR count). The van der Waals surface area contributed by atoms with Crippen LogP contribution in [0.2, 0.25) is 0 Å². The van der Waals surface area contributed by atoms with Gasteiger partial charge < -0.3 is 10.1 Å². The second kappa shape index (κ2) is 10.3. The number of halogens is 3. The fourth-order valence-corrected chi connectivity index (χ4v) is 5.68. The largest absolute Gasteiger partial charge is 0.481 e. The Balaban J connectivity index is 2.02. The third-order valence-electron chi connectivity index (χ3n) is 6.34. The monoisotopic (exact) mass is 510 g/mol. The Morgan fingerprint density at radius 1 is 1.26 bits per heavy atom. The van der Waals surface area contributed by atoms with Crippen LogP contribution in [0.25, 0.3) is 11.0 Å². The number of nitrogens with one attached hydrogen (secondary N) is 1. The van der Waals surface area contributed by atoms with Gasteiger partial charge in [-0.3, -0.25) is 0 Å². The molecule has 7 nitrogen and oxygen atoms in total. The van der Waals surface area contributed by atoms with Gasteiger partial charge in [0.25, 0.3) is 0 Å². The van der Waals surface area contributed by atoms with Gasteiger partial charge in [-0.1, -0.05) is 18.7 Å². The summed E-state index contributed by atoms with van der Waals surface area (Å²) in [5, 5.41) is 3.76. The van der Waals surface area contributed by atoms with Gasteiger partial charge in [-0.05, 0) is 56.7 Å². The molecule has 0 bridgehead atoms. The number of aromatic nitrogens is 3. The Morgan fingerprint density at radius 3 is 2.49 bits per heavy atom. The number of fused-ring (bicyclic) bond motifs is 1. The van der Waals surface area contributed by atoms with Crippen molar-refractivity contribution in [2.45, 2.75) is 51.7 Å². The maximum Gasteiger partial charge on any atom is 0.412 e. The van der Waals surface area contributed by atoms with E-state index in [1.807, 2.05) is 6.07 Å². The van der Waals surface area contributed by atoms with Crippen LogP contribution in [0, 0.1) is 0 Å². The predicted molar refractivity (Wildman–Crippen MR) is 130 cm³/mol. The highest BCUT2D eigenvalue weighted by Crippen LogP contribution is 2.37. The van der Waals surface area contributed by atoms with E-state index in [2.05, 4.69) is 26.8 Å². The lowest BCUT2D eigenvalue weighted by Gasteiger charge is -2.24. The van der Waals surface area contributed by atoms with Gasteiger partial charge in [0.05, 0.1) is 30.0 Å². The minimum atomic E-state index is -4.45. The first-order chi connectivity index (χ1) is 16.4. The Labute approximate surface area is 203 Å². The van der Waals surface area contributed by atoms with Gasteiger partial charge >= 0.3 is 6.18 Å². The molecule has 0 aliphatic carbocycles. The fourth-order valence-electron chi connectivity index (χ4n) is 4.19. The molecule has 0 unspecified atom stereocenters. The summed E-state index contributed by atoms with van der Waals surface area (Å²) in [5.41, 5.74) is 0.936. The van der Waals surface area contributed by atoms with E-state index in [1.54, 1.807) is 13.0 Å². The molecular formula is C24H29F3N4O3S. The first-order valence-electron chi connectivity index (χ1n) is 11.1. The van der Waals surface area contributed by atoms with E-state index in [0.717, 1.165) is 12.5 Å². The van der Waals surface area contributed by atoms with Crippen molar-refractivity contribution in [3.05, 3.63) is 53.4 Å². The summed E-state index contributed by atoms with van der Waals surface area (Å²) < 4.78 is 69.2. The molecule has 1 aliphatic rings. The number of ether oxygens (including phenoxy) is 1. The van der Waals surface area contributed by atoms with Crippen LogP contribution in [0.1, 0.15) is 45.1 Å². The lowest BCUT2D eigenvalue weighted by Crippen LogP contribution is -2.23. The number of rotatable bonds is 7. The molecule has 1 N–H and O–H groups in total. The van der Waals surface area contributed by atoms with Crippen molar-refractivity contribution in [2.24, 2.45) is 0 Å². The zero-order valence-corrected chi connectivity index (χ0v) is 20.9. The Hall–Kier alpha value is -2.95. The van der Waals surface area contributed by atoms with Crippen molar-refractivity contribution in [3.8, 4) is 5.88 Å². The van der Waals surface area contributed by atoms with Crippen LogP contribution in [-0.2, 0) is 9.84 Å². The van der Waals surface area contributed by atoms with Gasteiger partial charge in [-0.15, -0.1) is 0 Å². The summed E-state index contributed by atoms with van der Waals surface area (Å²) >= 11 is 0. The summed E-state index contributed by atoms with van der Waals surface area (Å²) in [6.07, 6.45) is 0.754. The topological polar surface area (TPSA) is 94.1 Å². The van der Waals surface area contributed by atoms with Crippen LogP contribution in [0.4, 0.5) is 19.0 Å². The standard InChI is InChI=1S/C24H29F3N4O3S/c1-6-7-18(14(2)15(3)24(25,26)27)16(4)30-21-20-12-19(17-8-10-35(32,33)11-9-17)23(34-5)31-22(20)29-13-28-21/h6-7,12-13,16-17H,1,8-11H2,2-5H3,(H,28,29,30,31)/b15-14+,18-7+/t16-/m1/s1. The highest BCUT2D eigenvalue weighted by atomic mass is 32.2. The zero-order valence-electron chi connectivity index (χ0n) is 20.1. The number of sulfone groups is 1. The SMILES string of the molecule is C=C/C=C(\C(C)=C(/C)C(F)(F)F)[C@@H](C)Nc1ncnc2nc(OC)c(C3CCS(=O)(=O)CC3)cc12. The molecule has 0 spiro atoms. The summed E-state index contributed by atoms with van der Waals surface area (Å²) in [4.78, 5) is 13.0. The molecule has 11 heteroatoms. The van der Waals surface area contributed by atoms with Crippen LogP contribution in [-0.4, -0.2) is 54.2 Å². The third-order valence-corrected chi connectivity index (χ3v) is 8.06. The maximum atomic E-state index is 13.3. The maximum absolute atomic E-state index is 13.3. The predicted octanol–water partition coefficient (Wildman–Crippen LogP) is 5.14. The Kier molecular flexibility index (Phi) is 7.88. The number of pyridine rings is 1. The van der Waals surface area contributed by atoms with Crippen molar-refractivity contribution < 1.29 is 26.3 Å². The van der Waals surface area contributed by atoms with Crippen molar-refractivity contribution in [3.63, 3.8) is 0 Å². The molecule has 0 amide bonds. The van der Waals surface area contributed by atoms with Gasteiger partial charge in [0.2, 0.25) is 5.88 Å². The first-order valence-corrected chi connectivity index (χ1v) is 12.9. The van der Waals surface area contributed by atoms with Crippen molar-refractivity contribution >= 4 is 26.7 Å². The van der Waals surface area contributed by atoms with Gasteiger partial charge in [0.15, 0.2) is 5.65 Å². The van der Waals surface area contributed by atoms with Crippen LogP contribution in [0.5, 0.6) is 5.88 Å². The lowest BCUT2D eigenvalue weighted by atomic mass is 9.93. The fraction of sp³-hybridized carbons (Fsp3) is 0.458. The quantitative estimate of drug-likeness (QED) is 0.516. The molecule has 1 saturated heterocycles. The molecule has 0 saturated carbocycles.